The standard InChI is InChI=1S/C22H25BrN4O4S/c1-15(21-24-20-9-4-16(23)14-19(20)22(28)25(21)2)26-10-12-27(13-11-26)32(29,30)18-7-5-17(31-3)6-8-18/h4-9,14-15H,10-13H2,1-3H3. The number of halogens is 1. The van der Waals surface area contributed by atoms with Crippen molar-refractivity contribution in [3.8, 4) is 5.75 Å². The molecule has 2 heterocycles. The molecule has 0 bridgehead atoms. The maximum atomic E-state index is 13.0. The van der Waals surface area contributed by atoms with Gasteiger partial charge in [0.05, 0.1) is 29.0 Å². The van der Waals surface area contributed by atoms with Crippen LogP contribution in [0, 0.1) is 0 Å². The van der Waals surface area contributed by atoms with Gasteiger partial charge in [0.25, 0.3) is 5.56 Å². The number of aromatic nitrogens is 2. The first-order valence-corrected chi connectivity index (χ1v) is 12.5. The number of hydrogen-bond donors (Lipinski definition) is 0. The number of piperazine rings is 1. The molecule has 1 saturated heterocycles. The fourth-order valence-corrected chi connectivity index (χ4v) is 5.81. The van der Waals surface area contributed by atoms with E-state index in [1.165, 1.54) is 4.31 Å². The highest BCUT2D eigenvalue weighted by molar-refractivity contribution is 9.10. The second-order valence-electron chi connectivity index (χ2n) is 7.79. The van der Waals surface area contributed by atoms with Gasteiger partial charge in [-0.1, -0.05) is 15.9 Å². The molecular formula is C22H25BrN4O4S. The number of rotatable bonds is 5. The Balaban J connectivity index is 1.52. The zero-order valence-corrected chi connectivity index (χ0v) is 20.6. The Morgan fingerprint density at radius 3 is 2.34 bits per heavy atom. The number of ether oxygens (including phenoxy) is 1. The highest BCUT2D eigenvalue weighted by Gasteiger charge is 2.31. The molecule has 32 heavy (non-hydrogen) atoms. The topological polar surface area (TPSA) is 84.7 Å². The van der Waals surface area contributed by atoms with Crippen molar-refractivity contribution in [3.63, 3.8) is 0 Å². The average Bonchev–Trinajstić information content (AvgIpc) is 2.81. The Labute approximate surface area is 195 Å². The lowest BCUT2D eigenvalue weighted by atomic mass is 10.2. The summed E-state index contributed by atoms with van der Waals surface area (Å²) in [5.41, 5.74) is 0.553. The van der Waals surface area contributed by atoms with Gasteiger partial charge in [-0.25, -0.2) is 13.4 Å². The molecule has 3 aromatic rings. The molecule has 0 spiro atoms. The van der Waals surface area contributed by atoms with E-state index in [0.29, 0.717) is 48.7 Å². The number of sulfonamides is 1. The predicted molar refractivity (Wildman–Crippen MR) is 126 cm³/mol. The van der Waals surface area contributed by atoms with Gasteiger partial charge in [-0.2, -0.15) is 4.31 Å². The third kappa shape index (κ3) is 4.19. The summed E-state index contributed by atoms with van der Waals surface area (Å²) in [7, 11) is -0.300. The molecule has 0 saturated carbocycles. The largest absolute Gasteiger partial charge is 0.497 e. The molecule has 1 unspecified atom stereocenters. The summed E-state index contributed by atoms with van der Waals surface area (Å²) in [6, 6.07) is 11.8. The lowest BCUT2D eigenvalue weighted by molar-refractivity contribution is 0.139. The molecule has 8 nitrogen and oxygen atoms in total. The van der Waals surface area contributed by atoms with Gasteiger partial charge in [-0.15, -0.1) is 0 Å². The predicted octanol–water partition coefficient (Wildman–Crippen LogP) is 2.77. The number of hydrogen-bond acceptors (Lipinski definition) is 6. The first kappa shape index (κ1) is 22.9. The van der Waals surface area contributed by atoms with Gasteiger partial charge in [0.2, 0.25) is 10.0 Å². The third-order valence-electron chi connectivity index (χ3n) is 5.96. The molecule has 1 aromatic heterocycles. The molecule has 4 rings (SSSR count). The summed E-state index contributed by atoms with van der Waals surface area (Å²) in [6.45, 7) is 3.83. The maximum Gasteiger partial charge on any atom is 0.261 e. The first-order valence-electron chi connectivity index (χ1n) is 10.3. The second-order valence-corrected chi connectivity index (χ2v) is 10.6. The Bertz CT molecular complexity index is 1300. The summed E-state index contributed by atoms with van der Waals surface area (Å²) in [5, 5.41) is 0.563. The van der Waals surface area contributed by atoms with Crippen LogP contribution in [0.5, 0.6) is 5.75 Å². The molecule has 1 aliphatic heterocycles. The van der Waals surface area contributed by atoms with E-state index in [1.54, 1.807) is 49.1 Å². The average molecular weight is 521 g/mol. The fourth-order valence-electron chi connectivity index (χ4n) is 4.03. The van der Waals surface area contributed by atoms with Crippen LogP contribution in [-0.4, -0.2) is 60.5 Å². The van der Waals surface area contributed by atoms with Gasteiger partial charge in [0.15, 0.2) is 0 Å². The van der Waals surface area contributed by atoms with Gasteiger partial charge in [-0.05, 0) is 49.4 Å². The summed E-state index contributed by atoms with van der Waals surface area (Å²) < 4.78 is 35.1. The van der Waals surface area contributed by atoms with Gasteiger partial charge in [-0.3, -0.25) is 14.3 Å². The Kier molecular flexibility index (Phi) is 6.39. The molecule has 1 atom stereocenters. The molecule has 0 N–H and O–H groups in total. The third-order valence-corrected chi connectivity index (χ3v) is 8.37. The minimum atomic E-state index is -3.57. The minimum absolute atomic E-state index is 0.0983. The van der Waals surface area contributed by atoms with Crippen molar-refractivity contribution < 1.29 is 13.2 Å². The minimum Gasteiger partial charge on any atom is -0.497 e. The van der Waals surface area contributed by atoms with Crippen molar-refractivity contribution in [2.45, 2.75) is 17.9 Å². The molecule has 170 valence electrons. The normalized spacial score (nSPS) is 16.9. The maximum absolute atomic E-state index is 13.0. The van der Waals surface area contributed by atoms with Crippen molar-refractivity contribution >= 4 is 36.9 Å². The van der Waals surface area contributed by atoms with Crippen LogP contribution < -0.4 is 10.3 Å². The smallest absolute Gasteiger partial charge is 0.261 e. The van der Waals surface area contributed by atoms with E-state index in [2.05, 4.69) is 20.8 Å². The Morgan fingerprint density at radius 1 is 1.06 bits per heavy atom. The zero-order valence-electron chi connectivity index (χ0n) is 18.2. The summed E-state index contributed by atoms with van der Waals surface area (Å²) >= 11 is 3.40. The lowest BCUT2D eigenvalue weighted by Gasteiger charge is -2.37. The highest BCUT2D eigenvalue weighted by atomic mass is 79.9. The van der Waals surface area contributed by atoms with Crippen LogP contribution in [0.1, 0.15) is 18.8 Å². The van der Waals surface area contributed by atoms with Crippen LogP contribution in [0.25, 0.3) is 10.9 Å². The Morgan fingerprint density at radius 2 is 1.72 bits per heavy atom. The van der Waals surface area contributed by atoms with Gasteiger partial charge >= 0.3 is 0 Å². The second kappa shape index (κ2) is 8.93. The molecule has 2 aromatic carbocycles. The lowest BCUT2D eigenvalue weighted by Crippen LogP contribution is -2.49. The quantitative estimate of drug-likeness (QED) is 0.514. The van der Waals surface area contributed by atoms with E-state index in [-0.39, 0.29) is 16.5 Å². The van der Waals surface area contributed by atoms with Gasteiger partial charge < -0.3 is 4.74 Å². The van der Waals surface area contributed by atoms with Crippen LogP contribution in [-0.2, 0) is 17.1 Å². The van der Waals surface area contributed by atoms with Crippen molar-refractivity contribution in [1.82, 2.24) is 18.8 Å². The first-order chi connectivity index (χ1) is 15.2. The molecule has 10 heteroatoms. The van der Waals surface area contributed by atoms with Crippen molar-refractivity contribution in [1.29, 1.82) is 0 Å². The van der Waals surface area contributed by atoms with Gasteiger partial charge in [0.1, 0.15) is 11.6 Å². The van der Waals surface area contributed by atoms with Crippen LogP contribution in [0.3, 0.4) is 0 Å². The van der Waals surface area contributed by atoms with Crippen LogP contribution in [0.4, 0.5) is 0 Å². The zero-order chi connectivity index (χ0) is 23.0. The van der Waals surface area contributed by atoms with Gasteiger partial charge in [0, 0.05) is 37.7 Å². The molecule has 0 amide bonds. The molecule has 0 aliphatic carbocycles. The highest BCUT2D eigenvalue weighted by Crippen LogP contribution is 2.25. The molecule has 0 radical (unpaired) electrons. The van der Waals surface area contributed by atoms with E-state index in [4.69, 9.17) is 9.72 Å². The van der Waals surface area contributed by atoms with Crippen LogP contribution in [0.15, 0.2) is 56.6 Å². The molecule has 1 aliphatic rings. The van der Waals surface area contributed by atoms with Crippen molar-refractivity contribution in [3.05, 3.63) is 63.1 Å². The molecule has 1 fully saturated rings. The van der Waals surface area contributed by atoms with E-state index < -0.39 is 10.0 Å². The number of nitrogens with zero attached hydrogens (tertiary/aromatic N) is 4. The fraction of sp³-hybridized carbons (Fsp3) is 0.364. The summed E-state index contributed by atoms with van der Waals surface area (Å²) in [6.07, 6.45) is 0. The summed E-state index contributed by atoms with van der Waals surface area (Å²) in [5.74, 6) is 1.28. The van der Waals surface area contributed by atoms with E-state index >= 15 is 0 Å². The van der Waals surface area contributed by atoms with Crippen molar-refractivity contribution in [2.24, 2.45) is 7.05 Å². The van der Waals surface area contributed by atoms with E-state index in [0.717, 1.165) is 4.47 Å². The van der Waals surface area contributed by atoms with Crippen molar-refractivity contribution in [2.75, 3.05) is 33.3 Å². The SMILES string of the molecule is COc1ccc(S(=O)(=O)N2CCN(C(C)c3nc4ccc(Br)cc4c(=O)n3C)CC2)cc1. The summed E-state index contributed by atoms with van der Waals surface area (Å²) in [4.78, 5) is 20.0. The number of fused-ring (bicyclic) bond motifs is 1. The Hall–Kier alpha value is -2.27. The number of benzene rings is 2. The molecular weight excluding hydrogens is 496 g/mol. The van der Waals surface area contributed by atoms with E-state index in [1.807, 2.05) is 19.1 Å². The monoisotopic (exact) mass is 520 g/mol. The van der Waals surface area contributed by atoms with E-state index in [9.17, 15) is 13.2 Å². The number of methoxy groups -OCH3 is 1. The van der Waals surface area contributed by atoms with Crippen LogP contribution in [0.2, 0.25) is 0 Å². The van der Waals surface area contributed by atoms with Crippen LogP contribution >= 0.6 is 15.9 Å².